The van der Waals surface area contributed by atoms with Crippen molar-refractivity contribution in [3.63, 3.8) is 0 Å². The van der Waals surface area contributed by atoms with Gasteiger partial charge in [-0.3, -0.25) is 4.79 Å². The molecule has 0 radical (unpaired) electrons. The van der Waals surface area contributed by atoms with Crippen molar-refractivity contribution in [2.75, 3.05) is 0 Å². The summed E-state index contributed by atoms with van der Waals surface area (Å²) in [6, 6.07) is 0. The molecule has 0 aliphatic heterocycles. The Morgan fingerprint density at radius 1 is 0.857 bits per heavy atom. The molecule has 0 bridgehead atoms. The second kappa shape index (κ2) is 5.38. The van der Waals surface area contributed by atoms with E-state index in [0.29, 0.717) is 0 Å². The molecule has 0 fully saturated rings. The van der Waals surface area contributed by atoms with Gasteiger partial charge in [-0.25, -0.2) is 0 Å². The average molecular weight is 190 g/mol. The molecule has 0 rings (SSSR count). The largest absolute Gasteiger partial charge is 0.290 e. The molecule has 0 heterocycles. The molecule has 0 atom stereocenters. The quantitative estimate of drug-likeness (QED) is 0.489. The van der Waals surface area contributed by atoms with Gasteiger partial charge in [0.05, 0.1) is 0 Å². The van der Waals surface area contributed by atoms with Crippen LogP contribution in [0, 0.1) is 0 Å². The third kappa shape index (κ3) is 4.61. The van der Waals surface area contributed by atoms with Crippen LogP contribution in [-0.2, 0) is 4.79 Å². The number of ketones is 1. The second-order valence-corrected chi connectivity index (χ2v) is 3.62. The van der Waals surface area contributed by atoms with Crippen LogP contribution in [0.1, 0.15) is 27.7 Å². The lowest BCUT2D eigenvalue weighted by molar-refractivity contribution is -0.110. The van der Waals surface area contributed by atoms with Gasteiger partial charge in [0, 0.05) is 0 Å². The third-order valence-electron chi connectivity index (χ3n) is 2.06. The Kier molecular flexibility index (Phi) is 4.85. The van der Waals surface area contributed by atoms with E-state index < -0.39 is 0 Å². The molecule has 76 valence electrons. The van der Waals surface area contributed by atoms with Gasteiger partial charge in [0.2, 0.25) is 0 Å². The molecule has 0 N–H and O–H groups in total. The van der Waals surface area contributed by atoms with Crippen molar-refractivity contribution < 1.29 is 4.79 Å². The van der Waals surface area contributed by atoms with Crippen molar-refractivity contribution in [3.8, 4) is 0 Å². The van der Waals surface area contributed by atoms with Gasteiger partial charge in [-0.2, -0.15) is 0 Å². The van der Waals surface area contributed by atoms with Crippen LogP contribution in [0.4, 0.5) is 0 Å². The Balaban J connectivity index is 4.69. The van der Waals surface area contributed by atoms with Crippen LogP contribution in [0.15, 0.2) is 47.6 Å². The smallest absolute Gasteiger partial charge is 0.179 e. The summed E-state index contributed by atoms with van der Waals surface area (Å²) in [4.78, 5) is 11.4. The van der Waals surface area contributed by atoms with Crippen LogP contribution in [0.25, 0.3) is 0 Å². The fraction of sp³-hybridized carbons (Fsp3) is 0.308. The highest BCUT2D eigenvalue weighted by molar-refractivity contribution is 6.00. The predicted octanol–water partition coefficient (Wildman–Crippen LogP) is 3.60. The van der Waals surface area contributed by atoms with Crippen molar-refractivity contribution in [2.24, 2.45) is 0 Å². The van der Waals surface area contributed by atoms with E-state index >= 15 is 0 Å². The Bertz CT molecular complexity index is 295. The van der Waals surface area contributed by atoms with Crippen LogP contribution in [0.5, 0.6) is 0 Å². The minimum absolute atomic E-state index is 0.00833. The highest BCUT2D eigenvalue weighted by atomic mass is 16.1. The summed E-state index contributed by atoms with van der Waals surface area (Å²) >= 11 is 0. The van der Waals surface area contributed by atoms with Crippen molar-refractivity contribution in [2.45, 2.75) is 27.7 Å². The zero-order valence-electron chi connectivity index (χ0n) is 9.48. The molecule has 0 amide bonds. The highest BCUT2D eigenvalue weighted by Crippen LogP contribution is 2.08. The van der Waals surface area contributed by atoms with Crippen molar-refractivity contribution >= 4 is 5.78 Å². The maximum atomic E-state index is 11.4. The Morgan fingerprint density at radius 3 is 1.36 bits per heavy atom. The van der Waals surface area contributed by atoms with Gasteiger partial charge in [0.15, 0.2) is 5.78 Å². The molecule has 14 heavy (non-hydrogen) atoms. The lowest BCUT2D eigenvalue weighted by Gasteiger charge is -1.98. The summed E-state index contributed by atoms with van der Waals surface area (Å²) in [6.45, 7) is 15.1. The van der Waals surface area contributed by atoms with Crippen LogP contribution >= 0.6 is 0 Å². The van der Waals surface area contributed by atoms with Crippen molar-refractivity contribution in [1.82, 2.24) is 0 Å². The van der Waals surface area contributed by atoms with Gasteiger partial charge >= 0.3 is 0 Å². The first-order valence-electron chi connectivity index (χ1n) is 4.57. The number of rotatable bonds is 4. The Morgan fingerprint density at radius 2 is 1.14 bits per heavy atom. The SMILES string of the molecule is C=C(C)/C(C)=C/C(=O)/C=C(\C)C(=C)C. The minimum atomic E-state index is -0.00833. The van der Waals surface area contributed by atoms with E-state index in [1.54, 1.807) is 12.2 Å². The van der Waals surface area contributed by atoms with E-state index in [2.05, 4.69) is 13.2 Å². The van der Waals surface area contributed by atoms with E-state index in [-0.39, 0.29) is 5.78 Å². The fourth-order valence-electron chi connectivity index (χ4n) is 0.715. The first-order chi connectivity index (χ1) is 6.34. The van der Waals surface area contributed by atoms with Crippen LogP contribution < -0.4 is 0 Å². The van der Waals surface area contributed by atoms with E-state index in [9.17, 15) is 4.79 Å². The van der Waals surface area contributed by atoms with E-state index in [1.165, 1.54) is 0 Å². The fourth-order valence-corrected chi connectivity index (χ4v) is 0.715. The van der Waals surface area contributed by atoms with Crippen LogP contribution in [0.2, 0.25) is 0 Å². The molecule has 0 aromatic heterocycles. The van der Waals surface area contributed by atoms with Gasteiger partial charge in [0.25, 0.3) is 0 Å². The number of carbonyl (C=O) groups is 1. The number of allylic oxidation sites excluding steroid dienone is 6. The van der Waals surface area contributed by atoms with E-state index in [4.69, 9.17) is 0 Å². The van der Waals surface area contributed by atoms with Crippen molar-refractivity contribution in [3.05, 3.63) is 47.6 Å². The molecule has 1 heteroatoms. The molecule has 0 aromatic rings. The second-order valence-electron chi connectivity index (χ2n) is 3.62. The number of carbonyl (C=O) groups excluding carboxylic acids is 1. The van der Waals surface area contributed by atoms with Gasteiger partial charge in [-0.15, -0.1) is 0 Å². The molecular formula is C13H18O. The van der Waals surface area contributed by atoms with E-state index in [1.807, 2.05) is 27.7 Å². The summed E-state index contributed by atoms with van der Waals surface area (Å²) < 4.78 is 0. The summed E-state index contributed by atoms with van der Waals surface area (Å²) in [5, 5.41) is 0. The summed E-state index contributed by atoms with van der Waals surface area (Å²) in [7, 11) is 0. The lowest BCUT2D eigenvalue weighted by atomic mass is 10.1. The molecule has 0 aliphatic carbocycles. The molecule has 1 nitrogen and oxygen atoms in total. The first-order valence-corrected chi connectivity index (χ1v) is 4.57. The predicted molar refractivity (Wildman–Crippen MR) is 62.1 cm³/mol. The summed E-state index contributed by atoms with van der Waals surface area (Å²) in [5.74, 6) is -0.00833. The van der Waals surface area contributed by atoms with E-state index in [0.717, 1.165) is 22.3 Å². The molecule has 0 aliphatic rings. The number of hydrogen-bond acceptors (Lipinski definition) is 1. The van der Waals surface area contributed by atoms with Crippen molar-refractivity contribution in [1.29, 1.82) is 0 Å². The van der Waals surface area contributed by atoms with Gasteiger partial charge in [0.1, 0.15) is 0 Å². The molecule has 0 saturated heterocycles. The lowest BCUT2D eigenvalue weighted by Crippen LogP contribution is -1.91. The molecule has 0 saturated carbocycles. The summed E-state index contributed by atoms with van der Waals surface area (Å²) in [5.41, 5.74) is 3.67. The zero-order valence-corrected chi connectivity index (χ0v) is 9.48. The monoisotopic (exact) mass is 190 g/mol. The standard InChI is InChI=1S/C13H18O/c1-9(2)11(5)7-13(14)8-12(6)10(3)4/h7-8H,1,3H2,2,4-6H3/b11-7+,12-8+. The normalized spacial score (nSPS) is 12.6. The maximum absolute atomic E-state index is 11.4. The molecule has 0 aromatic carbocycles. The van der Waals surface area contributed by atoms with Gasteiger partial charge in [-0.05, 0) is 51.0 Å². The maximum Gasteiger partial charge on any atom is 0.179 e. The first kappa shape index (κ1) is 12.6. The topological polar surface area (TPSA) is 17.1 Å². The Hall–Kier alpha value is -1.37. The van der Waals surface area contributed by atoms with Gasteiger partial charge in [-0.1, -0.05) is 24.3 Å². The summed E-state index contributed by atoms with van der Waals surface area (Å²) in [6.07, 6.45) is 3.18. The zero-order chi connectivity index (χ0) is 11.3. The molecule has 0 unspecified atom stereocenters. The average Bonchev–Trinajstić information content (AvgIpc) is 2.03. The molecule has 0 spiro atoms. The van der Waals surface area contributed by atoms with Gasteiger partial charge < -0.3 is 0 Å². The minimum Gasteiger partial charge on any atom is -0.290 e. The molecular weight excluding hydrogens is 172 g/mol. The van der Waals surface area contributed by atoms with Crippen LogP contribution in [-0.4, -0.2) is 5.78 Å². The van der Waals surface area contributed by atoms with Crippen LogP contribution in [0.3, 0.4) is 0 Å². The number of hydrogen-bond donors (Lipinski definition) is 0. The highest BCUT2D eigenvalue weighted by Gasteiger charge is 1.97. The Labute approximate surface area is 86.5 Å². The third-order valence-corrected chi connectivity index (χ3v) is 2.06.